The van der Waals surface area contributed by atoms with Crippen molar-refractivity contribution in [2.75, 3.05) is 7.11 Å². The molecule has 0 radical (unpaired) electrons. The van der Waals surface area contributed by atoms with Crippen LogP contribution in [0.15, 0.2) is 18.2 Å². The highest BCUT2D eigenvalue weighted by atomic mass is 127. The molecule has 0 saturated heterocycles. The number of ether oxygens (including phenoxy) is 1. The van der Waals surface area contributed by atoms with E-state index in [-0.39, 0.29) is 6.04 Å². The lowest BCUT2D eigenvalue weighted by atomic mass is 10.1. The van der Waals surface area contributed by atoms with Crippen molar-refractivity contribution in [1.29, 1.82) is 0 Å². The molecule has 2 nitrogen and oxygen atoms in total. The van der Waals surface area contributed by atoms with E-state index in [2.05, 4.69) is 29.5 Å². The maximum absolute atomic E-state index is 5.96. The van der Waals surface area contributed by atoms with Gasteiger partial charge in [0.05, 0.1) is 7.11 Å². The highest BCUT2D eigenvalue weighted by Gasteiger charge is 2.08. The summed E-state index contributed by atoms with van der Waals surface area (Å²) in [5.74, 6) is 0.874. The molecule has 13 heavy (non-hydrogen) atoms. The number of hydrogen-bond acceptors (Lipinski definition) is 2. The van der Waals surface area contributed by atoms with Gasteiger partial charge in [0.1, 0.15) is 5.75 Å². The molecule has 1 aromatic carbocycles. The van der Waals surface area contributed by atoms with Gasteiger partial charge in [0, 0.05) is 9.61 Å². The summed E-state index contributed by atoms with van der Waals surface area (Å²) in [5, 5.41) is 0. The summed E-state index contributed by atoms with van der Waals surface area (Å²) in [6.45, 7) is 2.08. The Morgan fingerprint density at radius 1 is 1.54 bits per heavy atom. The Morgan fingerprint density at radius 3 is 2.77 bits per heavy atom. The zero-order valence-electron chi connectivity index (χ0n) is 7.88. The Morgan fingerprint density at radius 2 is 2.23 bits per heavy atom. The van der Waals surface area contributed by atoms with E-state index in [1.807, 2.05) is 18.2 Å². The number of halogens is 1. The summed E-state index contributed by atoms with van der Waals surface area (Å²) in [7, 11) is 1.67. The first-order chi connectivity index (χ1) is 6.19. The minimum absolute atomic E-state index is 0.113. The molecule has 0 unspecified atom stereocenters. The molecule has 0 amide bonds. The molecule has 72 valence electrons. The molecular formula is C10H14INO. The largest absolute Gasteiger partial charge is 0.497 e. The maximum Gasteiger partial charge on any atom is 0.119 e. The quantitative estimate of drug-likeness (QED) is 0.869. The lowest BCUT2D eigenvalue weighted by Gasteiger charge is -2.12. The molecule has 0 aliphatic rings. The molecule has 3 heteroatoms. The second kappa shape index (κ2) is 4.81. The molecule has 1 aromatic rings. The molecule has 0 heterocycles. The van der Waals surface area contributed by atoms with E-state index in [1.54, 1.807) is 7.11 Å². The van der Waals surface area contributed by atoms with E-state index < -0.39 is 0 Å². The highest BCUT2D eigenvalue weighted by molar-refractivity contribution is 14.1. The first-order valence-corrected chi connectivity index (χ1v) is 5.36. The average molecular weight is 291 g/mol. The van der Waals surface area contributed by atoms with Gasteiger partial charge in [-0.1, -0.05) is 6.92 Å². The zero-order valence-corrected chi connectivity index (χ0v) is 10.0. The van der Waals surface area contributed by atoms with Gasteiger partial charge in [0.2, 0.25) is 0 Å². The first kappa shape index (κ1) is 10.8. The molecule has 1 atom stereocenters. The SMILES string of the molecule is CC[C@@H](N)c1cc(OC)ccc1I. The van der Waals surface area contributed by atoms with Crippen molar-refractivity contribution < 1.29 is 4.74 Å². The minimum atomic E-state index is 0.113. The Labute approximate surface area is 92.6 Å². The first-order valence-electron chi connectivity index (χ1n) is 4.28. The summed E-state index contributed by atoms with van der Waals surface area (Å²) < 4.78 is 6.35. The van der Waals surface area contributed by atoms with Gasteiger partial charge in [-0.15, -0.1) is 0 Å². The number of rotatable bonds is 3. The van der Waals surface area contributed by atoms with Gasteiger partial charge in [0.15, 0.2) is 0 Å². The van der Waals surface area contributed by atoms with Crippen molar-refractivity contribution in [3.63, 3.8) is 0 Å². The van der Waals surface area contributed by atoms with Crippen LogP contribution in [0.4, 0.5) is 0 Å². The molecule has 0 aliphatic heterocycles. The van der Waals surface area contributed by atoms with Crippen LogP contribution in [-0.2, 0) is 0 Å². The van der Waals surface area contributed by atoms with Gasteiger partial charge in [-0.25, -0.2) is 0 Å². The molecule has 0 saturated carbocycles. The van der Waals surface area contributed by atoms with E-state index in [4.69, 9.17) is 10.5 Å². The average Bonchev–Trinajstić information content (AvgIpc) is 2.17. The van der Waals surface area contributed by atoms with E-state index >= 15 is 0 Å². The summed E-state index contributed by atoms with van der Waals surface area (Å²) in [5.41, 5.74) is 7.13. The van der Waals surface area contributed by atoms with E-state index in [0.29, 0.717) is 0 Å². The van der Waals surface area contributed by atoms with Crippen LogP contribution in [0.2, 0.25) is 0 Å². The minimum Gasteiger partial charge on any atom is -0.497 e. The van der Waals surface area contributed by atoms with Crippen molar-refractivity contribution in [2.24, 2.45) is 5.73 Å². The van der Waals surface area contributed by atoms with Crippen LogP contribution < -0.4 is 10.5 Å². The summed E-state index contributed by atoms with van der Waals surface area (Å²) in [6, 6.07) is 6.11. The topological polar surface area (TPSA) is 35.2 Å². The van der Waals surface area contributed by atoms with Gasteiger partial charge in [-0.2, -0.15) is 0 Å². The standard InChI is InChI=1S/C10H14INO/c1-3-10(12)8-6-7(13-2)4-5-9(8)11/h4-6,10H,3,12H2,1-2H3/t10-/m1/s1. The van der Waals surface area contributed by atoms with Crippen LogP contribution in [0.3, 0.4) is 0 Å². The van der Waals surface area contributed by atoms with Gasteiger partial charge in [0.25, 0.3) is 0 Å². The summed E-state index contributed by atoms with van der Waals surface area (Å²) in [4.78, 5) is 0. The Balaban J connectivity index is 3.03. The lowest BCUT2D eigenvalue weighted by Crippen LogP contribution is -2.10. The predicted octanol–water partition coefficient (Wildman–Crippen LogP) is 2.71. The molecule has 0 spiro atoms. The van der Waals surface area contributed by atoms with Crippen LogP contribution >= 0.6 is 22.6 Å². The Hall–Kier alpha value is -0.290. The Kier molecular flexibility index (Phi) is 3.99. The fourth-order valence-corrected chi connectivity index (χ4v) is 1.89. The normalized spacial score (nSPS) is 12.6. The molecular weight excluding hydrogens is 277 g/mol. The second-order valence-electron chi connectivity index (χ2n) is 2.90. The van der Waals surface area contributed by atoms with Crippen LogP contribution in [0.5, 0.6) is 5.75 Å². The molecule has 1 rings (SSSR count). The van der Waals surface area contributed by atoms with E-state index in [1.165, 1.54) is 9.13 Å². The molecule has 0 bridgehead atoms. The third-order valence-electron chi connectivity index (χ3n) is 2.04. The van der Waals surface area contributed by atoms with Crippen molar-refractivity contribution >= 4 is 22.6 Å². The maximum atomic E-state index is 5.96. The predicted molar refractivity (Wildman–Crippen MR) is 62.9 cm³/mol. The summed E-state index contributed by atoms with van der Waals surface area (Å²) >= 11 is 2.30. The van der Waals surface area contributed by atoms with Crippen LogP contribution in [0.1, 0.15) is 24.9 Å². The number of benzene rings is 1. The third-order valence-corrected chi connectivity index (χ3v) is 3.02. The van der Waals surface area contributed by atoms with E-state index in [9.17, 15) is 0 Å². The fraction of sp³-hybridized carbons (Fsp3) is 0.400. The number of methoxy groups -OCH3 is 1. The lowest BCUT2D eigenvalue weighted by molar-refractivity contribution is 0.413. The molecule has 0 aliphatic carbocycles. The highest BCUT2D eigenvalue weighted by Crippen LogP contribution is 2.25. The van der Waals surface area contributed by atoms with Crippen LogP contribution in [0, 0.1) is 3.57 Å². The number of nitrogens with two attached hydrogens (primary N) is 1. The van der Waals surface area contributed by atoms with Gasteiger partial charge in [-0.05, 0) is 52.8 Å². The molecule has 2 N–H and O–H groups in total. The molecule has 0 aromatic heterocycles. The van der Waals surface area contributed by atoms with Crippen LogP contribution in [0.25, 0.3) is 0 Å². The third kappa shape index (κ3) is 2.57. The van der Waals surface area contributed by atoms with Crippen molar-refractivity contribution in [2.45, 2.75) is 19.4 Å². The fourth-order valence-electron chi connectivity index (χ4n) is 1.15. The van der Waals surface area contributed by atoms with E-state index in [0.717, 1.165) is 12.2 Å². The second-order valence-corrected chi connectivity index (χ2v) is 4.06. The van der Waals surface area contributed by atoms with Crippen molar-refractivity contribution in [1.82, 2.24) is 0 Å². The molecule has 0 fully saturated rings. The summed E-state index contributed by atoms with van der Waals surface area (Å²) in [6.07, 6.45) is 0.948. The van der Waals surface area contributed by atoms with Crippen molar-refractivity contribution in [3.05, 3.63) is 27.3 Å². The smallest absolute Gasteiger partial charge is 0.119 e. The Bertz CT molecular complexity index is 288. The van der Waals surface area contributed by atoms with Crippen LogP contribution in [-0.4, -0.2) is 7.11 Å². The van der Waals surface area contributed by atoms with Gasteiger partial charge in [-0.3, -0.25) is 0 Å². The van der Waals surface area contributed by atoms with Gasteiger partial charge < -0.3 is 10.5 Å². The monoisotopic (exact) mass is 291 g/mol. The number of hydrogen-bond donors (Lipinski definition) is 1. The zero-order chi connectivity index (χ0) is 9.84. The van der Waals surface area contributed by atoms with Gasteiger partial charge >= 0.3 is 0 Å². The van der Waals surface area contributed by atoms with Crippen molar-refractivity contribution in [3.8, 4) is 5.75 Å².